The number of nitrogens with zero attached hydrogens (tertiary/aromatic N) is 3. The molecule has 6 atom stereocenters. The molecule has 0 amide bonds. The predicted octanol–water partition coefficient (Wildman–Crippen LogP) is 0.918. The third kappa shape index (κ3) is 7.53. The second kappa shape index (κ2) is 13.3. The standard InChI is InChI=1S/C23H35F3N7O9P/c1-9(2)40-19(36)11(5)31-43(38,32-12(6)20(37)41-10(3)4)39-7-23(21(25)26)15(34)13(24)18(42-23)33-8-28-14-16(33)29-22(27)30-17(14)35/h8-13,15,18,21,34H,7H2,1-6H3,(H2,31,32,38)(H3,27,29,30,35). The Bertz CT molecular complexity index is 1390. The maximum absolute atomic E-state index is 15.4. The Hall–Kier alpha value is -3.09. The summed E-state index contributed by atoms with van der Waals surface area (Å²) in [5.74, 6) is -2.17. The quantitative estimate of drug-likeness (QED) is 0.152. The third-order valence-corrected chi connectivity index (χ3v) is 8.07. The van der Waals surface area contributed by atoms with Crippen LogP contribution in [0.2, 0.25) is 0 Å². The molecule has 2 aromatic rings. The van der Waals surface area contributed by atoms with Gasteiger partial charge in [-0.3, -0.25) is 28.5 Å². The summed E-state index contributed by atoms with van der Waals surface area (Å²) < 4.78 is 80.1. The van der Waals surface area contributed by atoms with Crippen molar-refractivity contribution in [2.24, 2.45) is 0 Å². The number of esters is 2. The zero-order valence-corrected chi connectivity index (χ0v) is 25.0. The number of aliphatic hydroxyl groups excluding tert-OH is 1. The molecule has 0 spiro atoms. The van der Waals surface area contributed by atoms with E-state index < -0.39 is 86.6 Å². The molecular weight excluding hydrogens is 606 g/mol. The van der Waals surface area contributed by atoms with Gasteiger partial charge in [-0.05, 0) is 41.5 Å². The van der Waals surface area contributed by atoms with Crippen LogP contribution in [0.1, 0.15) is 47.8 Å². The zero-order valence-electron chi connectivity index (χ0n) is 24.1. The Morgan fingerprint density at radius 1 is 1.16 bits per heavy atom. The number of fused-ring (bicyclic) bond motifs is 1. The summed E-state index contributed by atoms with van der Waals surface area (Å²) in [5.41, 5.74) is 0.965. The van der Waals surface area contributed by atoms with Crippen molar-refractivity contribution in [2.75, 3.05) is 12.3 Å². The molecule has 1 aliphatic heterocycles. The first-order chi connectivity index (χ1) is 19.9. The number of imidazole rings is 1. The van der Waals surface area contributed by atoms with Crippen molar-refractivity contribution < 1.29 is 51.2 Å². The Morgan fingerprint density at radius 2 is 1.70 bits per heavy atom. The Morgan fingerprint density at radius 3 is 2.19 bits per heavy atom. The summed E-state index contributed by atoms with van der Waals surface area (Å²) in [6.07, 6.45) is -11.0. The average molecular weight is 642 g/mol. The number of aromatic nitrogens is 4. The number of nitrogens with one attached hydrogen (secondary N) is 3. The van der Waals surface area contributed by atoms with Gasteiger partial charge in [0.2, 0.25) is 5.95 Å². The number of carbonyl (C=O) groups excluding carboxylic acids is 2. The van der Waals surface area contributed by atoms with Crippen LogP contribution in [0.5, 0.6) is 0 Å². The van der Waals surface area contributed by atoms with Crippen LogP contribution in [-0.2, 0) is 32.9 Å². The number of alkyl halides is 3. The SMILES string of the molecule is CC(C)OC(=O)C(C)NP(=O)(NC(C)C(=O)OC(C)C)OCC1(C(F)F)OC(n2cnc3c(=O)[nH]c(N)nc32)C(F)C1O. The van der Waals surface area contributed by atoms with Gasteiger partial charge in [-0.2, -0.15) is 4.98 Å². The monoisotopic (exact) mass is 641 g/mol. The number of aliphatic hydroxyl groups is 1. The molecule has 1 saturated heterocycles. The van der Waals surface area contributed by atoms with E-state index in [-0.39, 0.29) is 17.1 Å². The average Bonchev–Trinajstić information content (AvgIpc) is 3.41. The molecule has 2 aromatic heterocycles. The number of hydrogen-bond donors (Lipinski definition) is 5. The lowest BCUT2D eigenvalue weighted by molar-refractivity contribution is -0.191. The molecule has 0 aromatic carbocycles. The highest BCUT2D eigenvalue weighted by Gasteiger charge is 2.62. The van der Waals surface area contributed by atoms with E-state index in [2.05, 4.69) is 25.1 Å². The number of hydrogen-bond acceptors (Lipinski definition) is 12. The molecular formula is C23H35F3N7O9P. The van der Waals surface area contributed by atoms with Crippen LogP contribution in [0.3, 0.4) is 0 Å². The van der Waals surface area contributed by atoms with E-state index >= 15 is 4.39 Å². The highest BCUT2D eigenvalue weighted by molar-refractivity contribution is 7.54. The summed E-state index contributed by atoms with van der Waals surface area (Å²) in [6.45, 7) is 7.29. The van der Waals surface area contributed by atoms with Crippen molar-refractivity contribution in [2.45, 2.75) is 96.4 Å². The van der Waals surface area contributed by atoms with Gasteiger partial charge < -0.3 is 29.6 Å². The maximum Gasteiger partial charge on any atom is 0.342 e. The molecule has 43 heavy (non-hydrogen) atoms. The van der Waals surface area contributed by atoms with E-state index in [4.69, 9.17) is 24.5 Å². The normalized spacial score (nSPS) is 25.3. The topological polar surface area (TPSA) is 222 Å². The molecule has 20 heteroatoms. The van der Waals surface area contributed by atoms with Crippen molar-refractivity contribution in [1.29, 1.82) is 0 Å². The maximum atomic E-state index is 15.4. The molecule has 6 unspecified atom stereocenters. The first kappa shape index (κ1) is 34.4. The van der Waals surface area contributed by atoms with Gasteiger partial charge in [0.05, 0.1) is 25.1 Å². The number of aromatic amines is 1. The van der Waals surface area contributed by atoms with E-state index in [9.17, 15) is 32.8 Å². The number of carbonyl (C=O) groups is 2. The van der Waals surface area contributed by atoms with Crippen LogP contribution in [0, 0.1) is 0 Å². The largest absolute Gasteiger partial charge is 0.462 e. The third-order valence-electron chi connectivity index (χ3n) is 6.12. The summed E-state index contributed by atoms with van der Waals surface area (Å²) in [6, 6.07) is -2.72. The van der Waals surface area contributed by atoms with Crippen molar-refractivity contribution in [3.8, 4) is 0 Å². The Kier molecular flexibility index (Phi) is 10.6. The number of ether oxygens (including phenoxy) is 3. The zero-order chi connectivity index (χ0) is 32.4. The Labute approximate surface area is 243 Å². The van der Waals surface area contributed by atoms with Gasteiger partial charge in [0, 0.05) is 0 Å². The minimum atomic E-state index is -4.68. The molecule has 0 radical (unpaired) electrons. The molecule has 3 rings (SSSR count). The van der Waals surface area contributed by atoms with Crippen molar-refractivity contribution in [3.05, 3.63) is 16.7 Å². The predicted molar refractivity (Wildman–Crippen MR) is 144 cm³/mol. The van der Waals surface area contributed by atoms with Gasteiger partial charge in [0.15, 0.2) is 29.2 Å². The van der Waals surface area contributed by atoms with Crippen LogP contribution in [0.25, 0.3) is 11.2 Å². The molecule has 6 N–H and O–H groups in total. The fourth-order valence-electron chi connectivity index (χ4n) is 4.08. The van der Waals surface area contributed by atoms with Crippen molar-refractivity contribution >= 4 is 36.7 Å². The summed E-state index contributed by atoms with van der Waals surface area (Å²) >= 11 is 0. The smallest absolute Gasteiger partial charge is 0.342 e. The lowest BCUT2D eigenvalue weighted by Gasteiger charge is -2.33. The van der Waals surface area contributed by atoms with Crippen molar-refractivity contribution in [3.63, 3.8) is 0 Å². The summed E-state index contributed by atoms with van der Waals surface area (Å²) in [5, 5.41) is 15.3. The molecule has 1 aliphatic rings. The van der Waals surface area contributed by atoms with Gasteiger partial charge in [-0.25, -0.2) is 28.3 Å². The number of rotatable bonds is 13. The molecule has 0 bridgehead atoms. The van der Waals surface area contributed by atoms with Crippen LogP contribution in [0.15, 0.2) is 11.1 Å². The fourth-order valence-corrected chi connectivity index (χ4v) is 5.91. The molecule has 0 saturated carbocycles. The molecule has 16 nitrogen and oxygen atoms in total. The molecule has 3 heterocycles. The number of halogens is 3. The second-order valence-electron chi connectivity index (χ2n) is 10.4. The van der Waals surface area contributed by atoms with Crippen LogP contribution >= 0.6 is 7.67 Å². The molecule has 0 aliphatic carbocycles. The summed E-state index contributed by atoms with van der Waals surface area (Å²) in [4.78, 5) is 46.7. The fraction of sp³-hybridized carbons (Fsp3) is 0.696. The highest BCUT2D eigenvalue weighted by atomic mass is 31.2. The van der Waals surface area contributed by atoms with Crippen LogP contribution in [0.4, 0.5) is 19.1 Å². The Balaban J connectivity index is 1.94. The first-order valence-electron chi connectivity index (χ1n) is 13.1. The van der Waals surface area contributed by atoms with Crippen LogP contribution in [-0.4, -0.2) is 91.8 Å². The van der Waals surface area contributed by atoms with E-state index in [1.807, 2.05) is 0 Å². The highest BCUT2D eigenvalue weighted by Crippen LogP contribution is 2.47. The van der Waals surface area contributed by atoms with Gasteiger partial charge in [-0.15, -0.1) is 0 Å². The first-order valence-corrected chi connectivity index (χ1v) is 14.7. The van der Waals surface area contributed by atoms with Gasteiger partial charge in [0.1, 0.15) is 18.2 Å². The van der Waals surface area contributed by atoms with Crippen molar-refractivity contribution in [1.82, 2.24) is 29.7 Å². The van der Waals surface area contributed by atoms with E-state index in [0.29, 0.717) is 0 Å². The van der Waals surface area contributed by atoms with Gasteiger partial charge >= 0.3 is 19.6 Å². The van der Waals surface area contributed by atoms with Gasteiger partial charge in [0.25, 0.3) is 12.0 Å². The number of H-pyrrole nitrogens is 1. The van der Waals surface area contributed by atoms with Crippen LogP contribution < -0.4 is 21.5 Å². The molecule has 1 fully saturated rings. The number of anilines is 1. The second-order valence-corrected chi connectivity index (χ2v) is 12.3. The summed E-state index contributed by atoms with van der Waals surface area (Å²) in [7, 11) is -4.68. The number of nitrogens with two attached hydrogens (primary N) is 1. The minimum Gasteiger partial charge on any atom is -0.462 e. The number of nitrogen functional groups attached to an aromatic ring is 1. The molecule has 242 valence electrons. The lowest BCUT2D eigenvalue weighted by Crippen LogP contribution is -2.53. The lowest BCUT2D eigenvalue weighted by atomic mass is 9.97. The van der Waals surface area contributed by atoms with Gasteiger partial charge in [-0.1, -0.05) is 0 Å². The van der Waals surface area contributed by atoms with E-state index in [0.717, 1.165) is 10.9 Å². The van der Waals surface area contributed by atoms with E-state index in [1.165, 1.54) is 13.8 Å². The minimum absolute atomic E-state index is 0.312. The van der Waals surface area contributed by atoms with E-state index in [1.54, 1.807) is 27.7 Å².